The Morgan fingerprint density at radius 2 is 1.67 bits per heavy atom. The van der Waals surface area contributed by atoms with Gasteiger partial charge in [-0.15, -0.1) is 12.4 Å². The van der Waals surface area contributed by atoms with Crippen molar-refractivity contribution in [2.24, 2.45) is 0 Å². The SMILES string of the molecule is Cl.FC(F)(F)C[C@H](c1c(Cl)cccc1C(F)(F)F)N1CCNCC1. The van der Waals surface area contributed by atoms with Gasteiger partial charge in [0, 0.05) is 42.8 Å². The summed E-state index contributed by atoms with van der Waals surface area (Å²) in [6.45, 7) is 1.28. The van der Waals surface area contributed by atoms with Crippen LogP contribution >= 0.6 is 24.0 Å². The summed E-state index contributed by atoms with van der Waals surface area (Å²) in [5.74, 6) is 0. The van der Waals surface area contributed by atoms with Gasteiger partial charge in [-0.1, -0.05) is 17.7 Å². The monoisotopic (exact) mass is 396 g/mol. The van der Waals surface area contributed by atoms with Gasteiger partial charge in [-0.2, -0.15) is 26.3 Å². The predicted octanol–water partition coefficient (Wildman–Crippen LogP) is 4.68. The van der Waals surface area contributed by atoms with Crippen molar-refractivity contribution in [3.8, 4) is 0 Å². The van der Waals surface area contributed by atoms with Crippen LogP contribution in [0.2, 0.25) is 5.02 Å². The van der Waals surface area contributed by atoms with Crippen LogP contribution in [-0.2, 0) is 6.18 Å². The second-order valence-corrected chi connectivity index (χ2v) is 5.73. The topological polar surface area (TPSA) is 15.3 Å². The summed E-state index contributed by atoms with van der Waals surface area (Å²) in [6, 6.07) is 1.60. The van der Waals surface area contributed by atoms with Gasteiger partial charge in [0.05, 0.1) is 12.0 Å². The minimum absolute atomic E-state index is 0. The molecule has 1 heterocycles. The maximum absolute atomic E-state index is 13.2. The van der Waals surface area contributed by atoms with Crippen LogP contribution in [0.1, 0.15) is 23.6 Å². The summed E-state index contributed by atoms with van der Waals surface area (Å²) in [4.78, 5) is 1.40. The summed E-state index contributed by atoms with van der Waals surface area (Å²) in [7, 11) is 0. The van der Waals surface area contributed by atoms with E-state index in [1.807, 2.05) is 0 Å². The third-order valence-corrected chi connectivity index (χ3v) is 4.04. The van der Waals surface area contributed by atoms with Crippen LogP contribution in [0.4, 0.5) is 26.3 Å². The fourth-order valence-corrected chi connectivity index (χ4v) is 3.05. The van der Waals surface area contributed by atoms with Crippen LogP contribution < -0.4 is 5.32 Å². The number of nitrogens with zero attached hydrogens (tertiary/aromatic N) is 1. The largest absolute Gasteiger partial charge is 0.416 e. The van der Waals surface area contributed by atoms with Gasteiger partial charge < -0.3 is 5.32 Å². The molecular weight excluding hydrogens is 381 g/mol. The fourth-order valence-electron chi connectivity index (χ4n) is 2.75. The van der Waals surface area contributed by atoms with Gasteiger partial charge in [0.1, 0.15) is 0 Å². The third-order valence-electron chi connectivity index (χ3n) is 3.71. The summed E-state index contributed by atoms with van der Waals surface area (Å²) in [5, 5.41) is 2.67. The van der Waals surface area contributed by atoms with Crippen molar-refractivity contribution in [3.63, 3.8) is 0 Å². The fraction of sp³-hybridized carbons (Fsp3) is 0.571. The zero-order chi connectivity index (χ0) is 17.3. The van der Waals surface area contributed by atoms with E-state index in [0.717, 1.165) is 12.1 Å². The van der Waals surface area contributed by atoms with Crippen LogP contribution in [0.3, 0.4) is 0 Å². The van der Waals surface area contributed by atoms with Gasteiger partial charge in [0.25, 0.3) is 0 Å². The normalized spacial score (nSPS) is 18.1. The molecule has 0 aromatic heterocycles. The summed E-state index contributed by atoms with van der Waals surface area (Å²) >= 11 is 5.87. The van der Waals surface area contributed by atoms with E-state index in [0.29, 0.717) is 13.1 Å². The predicted molar refractivity (Wildman–Crippen MR) is 81.6 cm³/mol. The van der Waals surface area contributed by atoms with Crippen molar-refractivity contribution >= 4 is 24.0 Å². The van der Waals surface area contributed by atoms with E-state index in [9.17, 15) is 26.3 Å². The number of benzene rings is 1. The maximum atomic E-state index is 13.2. The van der Waals surface area contributed by atoms with Crippen molar-refractivity contribution in [3.05, 3.63) is 34.3 Å². The van der Waals surface area contributed by atoms with Crippen molar-refractivity contribution in [2.75, 3.05) is 26.2 Å². The molecule has 10 heteroatoms. The molecule has 0 amide bonds. The van der Waals surface area contributed by atoms with Crippen LogP contribution in [0.5, 0.6) is 0 Å². The Morgan fingerprint density at radius 3 is 2.17 bits per heavy atom. The van der Waals surface area contributed by atoms with Gasteiger partial charge in [0.15, 0.2) is 0 Å². The van der Waals surface area contributed by atoms with Gasteiger partial charge >= 0.3 is 12.4 Å². The van der Waals surface area contributed by atoms with Crippen molar-refractivity contribution in [2.45, 2.75) is 24.8 Å². The van der Waals surface area contributed by atoms with Gasteiger partial charge in [-0.25, -0.2) is 0 Å². The lowest BCUT2D eigenvalue weighted by atomic mass is 9.95. The molecule has 0 bridgehead atoms. The number of nitrogens with one attached hydrogen (secondary N) is 1. The summed E-state index contributed by atoms with van der Waals surface area (Å²) < 4.78 is 78.5. The van der Waals surface area contributed by atoms with E-state index in [1.54, 1.807) is 0 Å². The molecule has 1 aromatic rings. The highest BCUT2D eigenvalue weighted by molar-refractivity contribution is 6.31. The number of alkyl halides is 6. The Bertz CT molecular complexity index is 541. The Balaban J connectivity index is 0.00000288. The first-order valence-corrected chi connectivity index (χ1v) is 7.34. The minimum Gasteiger partial charge on any atom is -0.314 e. The summed E-state index contributed by atoms with van der Waals surface area (Å²) in [6.07, 6.45) is -10.7. The van der Waals surface area contributed by atoms with Gasteiger partial charge in [-0.3, -0.25) is 4.90 Å². The number of hydrogen-bond acceptors (Lipinski definition) is 2. The van der Waals surface area contributed by atoms with Crippen molar-refractivity contribution in [1.29, 1.82) is 0 Å². The molecule has 0 aliphatic carbocycles. The average Bonchev–Trinajstić information content (AvgIpc) is 2.44. The maximum Gasteiger partial charge on any atom is 0.416 e. The van der Waals surface area contributed by atoms with Crippen LogP contribution in [0, 0.1) is 0 Å². The molecule has 1 aliphatic heterocycles. The number of piperazine rings is 1. The highest BCUT2D eigenvalue weighted by Gasteiger charge is 2.42. The molecular formula is C14H16Cl2F6N2. The van der Waals surface area contributed by atoms with Crippen LogP contribution in [0.25, 0.3) is 0 Å². The Morgan fingerprint density at radius 1 is 1.08 bits per heavy atom. The molecule has 0 saturated carbocycles. The van der Waals surface area contributed by atoms with Crippen LogP contribution in [0.15, 0.2) is 18.2 Å². The minimum atomic E-state index is -4.77. The van der Waals surface area contributed by atoms with Gasteiger partial charge in [0.2, 0.25) is 0 Å². The molecule has 1 aromatic carbocycles. The second-order valence-electron chi connectivity index (χ2n) is 5.32. The molecule has 1 saturated heterocycles. The lowest BCUT2D eigenvalue weighted by molar-refractivity contribution is -0.153. The lowest BCUT2D eigenvalue weighted by Gasteiger charge is -2.37. The summed E-state index contributed by atoms with van der Waals surface area (Å²) in [5.41, 5.74) is -1.61. The van der Waals surface area contributed by atoms with E-state index in [-0.39, 0.29) is 30.5 Å². The Labute approximate surface area is 146 Å². The average molecular weight is 397 g/mol. The van der Waals surface area contributed by atoms with Gasteiger partial charge in [-0.05, 0) is 12.1 Å². The van der Waals surface area contributed by atoms with E-state index >= 15 is 0 Å². The third kappa shape index (κ3) is 5.40. The second kappa shape index (κ2) is 8.12. The molecule has 138 valence electrons. The first-order chi connectivity index (χ1) is 10.6. The molecule has 0 radical (unpaired) electrons. The molecule has 1 aliphatic rings. The zero-order valence-corrected chi connectivity index (χ0v) is 13.9. The van der Waals surface area contributed by atoms with E-state index in [1.165, 1.54) is 11.0 Å². The molecule has 1 fully saturated rings. The lowest BCUT2D eigenvalue weighted by Crippen LogP contribution is -2.46. The van der Waals surface area contributed by atoms with E-state index in [4.69, 9.17) is 11.6 Å². The first-order valence-electron chi connectivity index (χ1n) is 6.97. The van der Waals surface area contributed by atoms with Crippen molar-refractivity contribution in [1.82, 2.24) is 10.2 Å². The number of hydrogen-bond donors (Lipinski definition) is 1. The molecule has 1 atom stereocenters. The molecule has 0 spiro atoms. The Kier molecular flexibility index (Phi) is 7.22. The van der Waals surface area contributed by atoms with Crippen molar-refractivity contribution < 1.29 is 26.3 Å². The van der Waals surface area contributed by atoms with E-state index < -0.39 is 35.9 Å². The molecule has 2 nitrogen and oxygen atoms in total. The molecule has 1 N–H and O–H groups in total. The van der Waals surface area contributed by atoms with E-state index in [2.05, 4.69) is 5.32 Å². The highest BCUT2D eigenvalue weighted by Crippen LogP contribution is 2.43. The molecule has 2 rings (SSSR count). The number of halogens is 8. The molecule has 24 heavy (non-hydrogen) atoms. The number of rotatable bonds is 3. The zero-order valence-electron chi connectivity index (χ0n) is 12.3. The highest BCUT2D eigenvalue weighted by atomic mass is 35.5. The standard InChI is InChI=1S/C14H15ClF6N2.ClH/c15-10-3-1-2-9(14(19,20)21)12(10)11(8-13(16,17)18)23-6-4-22-5-7-23;/h1-3,11,22H,4-8H2;1H/t11-;/m1./s1. The smallest absolute Gasteiger partial charge is 0.314 e. The quantitative estimate of drug-likeness (QED) is 0.746. The Hall–Kier alpha value is -0.700. The van der Waals surface area contributed by atoms with Crippen LogP contribution in [-0.4, -0.2) is 37.3 Å². The molecule has 0 unspecified atom stereocenters. The first kappa shape index (κ1) is 21.3.